The molecule has 1 aromatic heterocycles. The first kappa shape index (κ1) is 35.4. The van der Waals surface area contributed by atoms with Crippen LogP contribution in [0.5, 0.6) is 5.75 Å². The van der Waals surface area contributed by atoms with Crippen LogP contribution in [-0.2, 0) is 13.9 Å². The van der Waals surface area contributed by atoms with E-state index in [1.807, 2.05) is 52.0 Å². The van der Waals surface area contributed by atoms with Crippen molar-refractivity contribution in [3.8, 4) is 17.1 Å². The fourth-order valence-corrected chi connectivity index (χ4v) is 6.32. The lowest BCUT2D eigenvalue weighted by molar-refractivity contribution is 0.0338. The quantitative estimate of drug-likeness (QED) is 0.145. The van der Waals surface area contributed by atoms with E-state index in [2.05, 4.69) is 38.8 Å². The van der Waals surface area contributed by atoms with Gasteiger partial charge >= 0.3 is 6.09 Å². The van der Waals surface area contributed by atoms with Crippen molar-refractivity contribution in [2.45, 2.75) is 97.1 Å². The second-order valence-corrected chi connectivity index (χ2v) is 19.0. The Morgan fingerprint density at radius 3 is 2.37 bits per heavy atom. The minimum Gasteiger partial charge on any atom is -0.491 e. The maximum atomic E-state index is 12.7. The van der Waals surface area contributed by atoms with Crippen LogP contribution in [0.4, 0.5) is 10.6 Å². The highest BCUT2D eigenvalue weighted by atomic mass is 35.5. The summed E-state index contributed by atoms with van der Waals surface area (Å²) in [5.41, 5.74) is 0.993. The van der Waals surface area contributed by atoms with Crippen LogP contribution in [0.15, 0.2) is 24.3 Å². The minimum absolute atomic E-state index is 0.0241. The number of nitrogens with zero attached hydrogens (tertiary/aromatic N) is 4. The summed E-state index contributed by atoms with van der Waals surface area (Å²) in [4.78, 5) is 23.8. The summed E-state index contributed by atoms with van der Waals surface area (Å²) >= 11 is 13.4. The molecule has 0 radical (unpaired) electrons. The van der Waals surface area contributed by atoms with E-state index in [1.54, 1.807) is 9.32 Å². The number of amides is 1. The number of hydrogen-bond donors (Lipinski definition) is 0. The smallest absolute Gasteiger partial charge is 0.410 e. The molecular formula is C31H48Cl2N4O5Si. The molecule has 0 bridgehead atoms. The van der Waals surface area contributed by atoms with Crippen molar-refractivity contribution < 1.29 is 23.4 Å². The summed E-state index contributed by atoms with van der Waals surface area (Å²) in [6, 6.07) is 7.65. The number of hydrogen-bond acceptors (Lipinski definition) is 8. The summed E-state index contributed by atoms with van der Waals surface area (Å²) < 4.78 is 25.4. The highest BCUT2D eigenvalue weighted by Gasteiger charge is 2.41. The number of carbonyl (C=O) groups excluding carboxylic acids is 1. The Hall–Kier alpha value is -2.11. The van der Waals surface area contributed by atoms with Crippen LogP contribution in [0.2, 0.25) is 23.3 Å². The standard InChI is InChI=1S/C31H48Cl2N4O5Si/c1-21-26(32)34-27(35-28(21)37(33)23-14-16-40-17-15-23)22-12-11-13-24(18-22)41-20-25(42-43(9,10)31(5,6)7)19-36(29(38)39-8)30(2,3)4/h11-13,18,23,25H,14-17,19-20H2,1-10H3. The molecule has 1 unspecified atom stereocenters. The molecule has 1 amide bonds. The van der Waals surface area contributed by atoms with Gasteiger partial charge in [-0.05, 0) is 70.8 Å². The third-order valence-electron chi connectivity index (χ3n) is 8.16. The van der Waals surface area contributed by atoms with Gasteiger partial charge in [-0.2, -0.15) is 0 Å². The fourth-order valence-electron chi connectivity index (χ4n) is 4.47. The zero-order valence-electron chi connectivity index (χ0n) is 27.3. The van der Waals surface area contributed by atoms with Crippen LogP contribution in [0.3, 0.4) is 0 Å². The lowest BCUT2D eigenvalue weighted by atomic mass is 10.1. The van der Waals surface area contributed by atoms with Gasteiger partial charge in [0.1, 0.15) is 17.5 Å². The molecule has 1 atom stereocenters. The molecule has 0 aliphatic carbocycles. The summed E-state index contributed by atoms with van der Waals surface area (Å²) in [6.45, 7) is 20.6. The molecule has 0 N–H and O–H groups in total. The van der Waals surface area contributed by atoms with Crippen LogP contribution in [0, 0.1) is 6.92 Å². The van der Waals surface area contributed by atoms with E-state index in [-0.39, 0.29) is 23.8 Å². The second kappa shape index (κ2) is 14.3. The van der Waals surface area contributed by atoms with E-state index in [0.29, 0.717) is 42.3 Å². The van der Waals surface area contributed by atoms with Crippen molar-refractivity contribution in [1.82, 2.24) is 14.9 Å². The van der Waals surface area contributed by atoms with Crippen LogP contribution in [-0.4, -0.2) is 80.4 Å². The summed E-state index contributed by atoms with van der Waals surface area (Å²) in [7, 11) is -0.809. The topological polar surface area (TPSA) is 86.2 Å². The molecule has 1 aliphatic heterocycles. The van der Waals surface area contributed by atoms with Crippen molar-refractivity contribution in [2.24, 2.45) is 0 Å². The van der Waals surface area contributed by atoms with Crippen molar-refractivity contribution in [3.05, 3.63) is 35.0 Å². The summed E-state index contributed by atoms with van der Waals surface area (Å²) in [5.74, 6) is 1.66. The molecule has 12 heteroatoms. The predicted molar refractivity (Wildman–Crippen MR) is 176 cm³/mol. The number of methoxy groups -OCH3 is 1. The Kier molecular flexibility index (Phi) is 11.8. The predicted octanol–water partition coefficient (Wildman–Crippen LogP) is 7.88. The van der Waals surface area contributed by atoms with Crippen molar-refractivity contribution >= 4 is 43.6 Å². The summed E-state index contributed by atoms with van der Waals surface area (Å²) in [6.07, 6.45) is 0.828. The molecule has 3 rings (SSSR count). The lowest BCUT2D eigenvalue weighted by Gasteiger charge is -2.42. The molecule has 0 saturated carbocycles. The SMILES string of the molecule is COC(=O)N(CC(COc1cccc(-c2nc(Cl)c(C)c(N(Cl)C3CCOCC3)n2)c1)O[Si](C)(C)C(C)(C)C)C(C)(C)C. The lowest BCUT2D eigenvalue weighted by Crippen LogP contribution is -2.54. The Morgan fingerprint density at radius 2 is 1.79 bits per heavy atom. The number of rotatable bonds is 10. The van der Waals surface area contributed by atoms with Crippen molar-refractivity contribution in [1.29, 1.82) is 0 Å². The number of benzene rings is 1. The van der Waals surface area contributed by atoms with Gasteiger partial charge in [0.15, 0.2) is 20.0 Å². The average molecular weight is 656 g/mol. The average Bonchev–Trinajstić information content (AvgIpc) is 2.94. The zero-order valence-corrected chi connectivity index (χ0v) is 29.8. The molecule has 2 heterocycles. The Bertz CT molecular complexity index is 1250. The third-order valence-corrected chi connectivity index (χ3v) is 13.5. The number of carbonyl (C=O) groups is 1. The highest BCUT2D eigenvalue weighted by molar-refractivity contribution is 6.74. The van der Waals surface area contributed by atoms with Crippen LogP contribution >= 0.6 is 23.4 Å². The number of ether oxygens (including phenoxy) is 3. The van der Waals surface area contributed by atoms with E-state index >= 15 is 0 Å². The fraction of sp³-hybridized carbons (Fsp3) is 0.645. The van der Waals surface area contributed by atoms with Gasteiger partial charge in [0.2, 0.25) is 0 Å². The summed E-state index contributed by atoms with van der Waals surface area (Å²) in [5, 5.41) is 0.320. The van der Waals surface area contributed by atoms with Crippen molar-refractivity contribution in [2.75, 3.05) is 37.9 Å². The minimum atomic E-state index is -2.20. The van der Waals surface area contributed by atoms with E-state index in [1.165, 1.54) is 7.11 Å². The molecule has 1 aromatic carbocycles. The Labute approximate surface area is 268 Å². The van der Waals surface area contributed by atoms with E-state index in [4.69, 9.17) is 47.0 Å². The van der Waals surface area contributed by atoms with Gasteiger partial charge in [-0.1, -0.05) is 44.5 Å². The van der Waals surface area contributed by atoms with Crippen LogP contribution < -0.4 is 9.16 Å². The molecule has 1 aliphatic rings. The molecule has 2 aromatic rings. The molecule has 1 fully saturated rings. The largest absolute Gasteiger partial charge is 0.491 e. The van der Waals surface area contributed by atoms with Gasteiger partial charge in [0.05, 0.1) is 25.8 Å². The number of aromatic nitrogens is 2. The van der Waals surface area contributed by atoms with Gasteiger partial charge in [0, 0.05) is 41.7 Å². The van der Waals surface area contributed by atoms with Gasteiger partial charge in [-0.15, -0.1) is 0 Å². The van der Waals surface area contributed by atoms with E-state index in [0.717, 1.165) is 24.0 Å². The molecule has 240 valence electrons. The second-order valence-electron chi connectivity index (χ2n) is 13.5. The van der Waals surface area contributed by atoms with Gasteiger partial charge in [-0.3, -0.25) is 4.42 Å². The highest BCUT2D eigenvalue weighted by Crippen LogP contribution is 2.38. The zero-order chi connectivity index (χ0) is 32.2. The molecular weight excluding hydrogens is 607 g/mol. The first-order valence-corrected chi connectivity index (χ1v) is 18.4. The Balaban J connectivity index is 1.87. The normalized spacial score (nSPS) is 15.6. The third kappa shape index (κ3) is 9.20. The molecule has 43 heavy (non-hydrogen) atoms. The first-order valence-electron chi connectivity index (χ1n) is 14.8. The maximum Gasteiger partial charge on any atom is 0.410 e. The monoisotopic (exact) mass is 654 g/mol. The molecule has 1 saturated heterocycles. The van der Waals surface area contributed by atoms with E-state index in [9.17, 15) is 4.79 Å². The van der Waals surface area contributed by atoms with Gasteiger partial charge in [0.25, 0.3) is 0 Å². The van der Waals surface area contributed by atoms with Crippen molar-refractivity contribution in [3.63, 3.8) is 0 Å². The molecule has 0 spiro atoms. The van der Waals surface area contributed by atoms with E-state index < -0.39 is 19.9 Å². The van der Waals surface area contributed by atoms with Gasteiger partial charge < -0.3 is 23.5 Å². The number of anilines is 1. The number of halogens is 2. The van der Waals surface area contributed by atoms with Crippen LogP contribution in [0.25, 0.3) is 11.4 Å². The van der Waals surface area contributed by atoms with Crippen LogP contribution in [0.1, 0.15) is 59.9 Å². The van der Waals surface area contributed by atoms with Gasteiger partial charge in [-0.25, -0.2) is 14.8 Å². The molecule has 9 nitrogen and oxygen atoms in total. The Morgan fingerprint density at radius 1 is 1.14 bits per heavy atom. The first-order chi connectivity index (χ1) is 19.9. The maximum absolute atomic E-state index is 12.7.